The van der Waals surface area contributed by atoms with Gasteiger partial charge in [0.05, 0.1) is 27.1 Å². The first-order chi connectivity index (χ1) is 10.0. The van der Waals surface area contributed by atoms with Gasteiger partial charge in [-0.05, 0) is 33.8 Å². The van der Waals surface area contributed by atoms with Gasteiger partial charge in [-0.1, -0.05) is 0 Å². The van der Waals surface area contributed by atoms with Crippen LogP contribution in [0.4, 0.5) is 17.1 Å². The van der Waals surface area contributed by atoms with Gasteiger partial charge in [0.1, 0.15) is 5.69 Å². The first-order valence-corrected chi connectivity index (χ1v) is 6.89. The van der Waals surface area contributed by atoms with Crippen molar-refractivity contribution in [2.45, 2.75) is 38.9 Å². The molecular weight excluding hydrogens is 290 g/mol. The van der Waals surface area contributed by atoms with Crippen molar-refractivity contribution < 1.29 is 14.6 Å². The van der Waals surface area contributed by atoms with Crippen LogP contribution in [-0.2, 0) is 4.74 Å². The van der Waals surface area contributed by atoms with Gasteiger partial charge >= 0.3 is 0 Å². The number of nitro groups is 2. The zero-order valence-corrected chi connectivity index (χ0v) is 13.0. The average Bonchev–Trinajstić information content (AvgIpc) is 2.34. The summed E-state index contributed by atoms with van der Waals surface area (Å²) in [7, 11) is 0. The maximum absolute atomic E-state index is 11.3. The summed E-state index contributed by atoms with van der Waals surface area (Å²) in [5.41, 5.74) is -1.13. The predicted molar refractivity (Wildman–Crippen MR) is 81.2 cm³/mol. The Hall–Kier alpha value is -2.22. The molecule has 0 spiro atoms. The minimum atomic E-state index is -0.635. The van der Waals surface area contributed by atoms with Crippen molar-refractivity contribution in [3.8, 4) is 0 Å². The van der Waals surface area contributed by atoms with Gasteiger partial charge in [0.25, 0.3) is 11.4 Å². The lowest BCUT2D eigenvalue weighted by Crippen LogP contribution is -2.57. The minimum Gasteiger partial charge on any atom is -0.366 e. The molecule has 1 aliphatic heterocycles. The fraction of sp³-hybridized carbons (Fsp3) is 0.571. The van der Waals surface area contributed by atoms with Crippen LogP contribution in [0.2, 0.25) is 0 Å². The van der Waals surface area contributed by atoms with Crippen LogP contribution in [0.25, 0.3) is 0 Å². The number of morpholine rings is 1. The quantitative estimate of drug-likeness (QED) is 0.629. The summed E-state index contributed by atoms with van der Waals surface area (Å²) in [5, 5.41) is 22.1. The van der Waals surface area contributed by atoms with E-state index in [0.717, 1.165) is 6.07 Å². The fourth-order valence-corrected chi connectivity index (χ4v) is 3.00. The fourth-order valence-electron chi connectivity index (χ4n) is 3.00. The third-order valence-electron chi connectivity index (χ3n) is 3.40. The van der Waals surface area contributed by atoms with Gasteiger partial charge in [-0.15, -0.1) is 0 Å². The molecule has 8 heteroatoms. The molecule has 0 radical (unpaired) electrons. The number of hydrogen-bond donors (Lipinski definition) is 0. The van der Waals surface area contributed by atoms with Crippen molar-refractivity contribution in [2.24, 2.45) is 0 Å². The van der Waals surface area contributed by atoms with Gasteiger partial charge in [-0.2, -0.15) is 0 Å². The van der Waals surface area contributed by atoms with Crippen molar-refractivity contribution in [1.29, 1.82) is 0 Å². The number of nitrogens with zero attached hydrogens (tertiary/aromatic N) is 3. The Morgan fingerprint density at radius 3 is 2.05 bits per heavy atom. The predicted octanol–water partition coefficient (Wildman–Crippen LogP) is 2.90. The molecule has 1 aromatic rings. The number of anilines is 1. The first-order valence-electron chi connectivity index (χ1n) is 6.89. The van der Waals surface area contributed by atoms with E-state index in [-0.39, 0.29) is 11.4 Å². The van der Waals surface area contributed by atoms with E-state index >= 15 is 0 Å². The highest BCUT2D eigenvalue weighted by molar-refractivity contribution is 5.67. The van der Waals surface area contributed by atoms with Crippen LogP contribution in [0, 0.1) is 20.2 Å². The van der Waals surface area contributed by atoms with E-state index in [1.54, 1.807) is 0 Å². The Morgan fingerprint density at radius 1 is 1.05 bits per heavy atom. The summed E-state index contributed by atoms with van der Waals surface area (Å²) in [6.45, 7) is 8.59. The van der Waals surface area contributed by atoms with Gasteiger partial charge in [-0.3, -0.25) is 20.2 Å². The second kappa shape index (κ2) is 5.20. The summed E-state index contributed by atoms with van der Waals surface area (Å²) in [4.78, 5) is 22.7. The van der Waals surface area contributed by atoms with Gasteiger partial charge in [0.2, 0.25) is 0 Å². The maximum Gasteiger partial charge on any atom is 0.299 e. The van der Waals surface area contributed by atoms with Gasteiger partial charge in [0.15, 0.2) is 0 Å². The zero-order chi connectivity index (χ0) is 16.7. The molecule has 0 unspecified atom stereocenters. The third-order valence-corrected chi connectivity index (χ3v) is 3.40. The van der Waals surface area contributed by atoms with E-state index in [9.17, 15) is 20.2 Å². The summed E-state index contributed by atoms with van der Waals surface area (Å²) in [5.74, 6) is 0. The number of rotatable bonds is 3. The van der Waals surface area contributed by atoms with Crippen LogP contribution in [-0.4, -0.2) is 34.1 Å². The largest absolute Gasteiger partial charge is 0.366 e. The molecule has 1 aliphatic rings. The monoisotopic (exact) mass is 309 g/mol. The van der Waals surface area contributed by atoms with Gasteiger partial charge < -0.3 is 9.64 Å². The molecule has 1 saturated heterocycles. The molecule has 1 heterocycles. The van der Waals surface area contributed by atoms with E-state index in [4.69, 9.17) is 4.74 Å². The van der Waals surface area contributed by atoms with Crippen LogP contribution < -0.4 is 4.90 Å². The average molecular weight is 309 g/mol. The maximum atomic E-state index is 11.3. The number of benzene rings is 1. The van der Waals surface area contributed by atoms with Crippen molar-refractivity contribution >= 4 is 17.1 Å². The lowest BCUT2D eigenvalue weighted by molar-refractivity contribution is -0.393. The van der Waals surface area contributed by atoms with Crippen molar-refractivity contribution in [1.82, 2.24) is 0 Å². The molecule has 2 rings (SSSR count). The van der Waals surface area contributed by atoms with E-state index in [2.05, 4.69) is 0 Å². The van der Waals surface area contributed by atoms with Crippen LogP contribution in [0.1, 0.15) is 27.7 Å². The molecule has 0 aromatic heterocycles. The molecular formula is C14H19N3O5. The highest BCUT2D eigenvalue weighted by Crippen LogP contribution is 2.37. The SMILES string of the molecule is CC1(C)CN(c2ccc([N+](=O)[O-])cc2[N+](=O)[O-])CC(C)(C)O1. The lowest BCUT2D eigenvalue weighted by atomic mass is 9.98. The summed E-state index contributed by atoms with van der Waals surface area (Å²) in [6.07, 6.45) is 0. The van der Waals surface area contributed by atoms with Gasteiger partial charge in [-0.25, -0.2) is 0 Å². The topological polar surface area (TPSA) is 98.8 Å². The Bertz CT molecular complexity index is 611. The van der Waals surface area contributed by atoms with Crippen molar-refractivity contribution in [3.63, 3.8) is 0 Å². The van der Waals surface area contributed by atoms with Crippen LogP contribution in [0.5, 0.6) is 0 Å². The third kappa shape index (κ3) is 3.33. The zero-order valence-electron chi connectivity index (χ0n) is 13.0. The number of hydrogen-bond acceptors (Lipinski definition) is 6. The molecule has 0 atom stereocenters. The van der Waals surface area contributed by atoms with Crippen LogP contribution >= 0.6 is 0 Å². The van der Waals surface area contributed by atoms with Crippen LogP contribution in [0.3, 0.4) is 0 Å². The molecule has 0 bridgehead atoms. The van der Waals surface area contributed by atoms with Crippen molar-refractivity contribution in [2.75, 3.05) is 18.0 Å². The summed E-state index contributed by atoms with van der Waals surface area (Å²) >= 11 is 0. The van der Waals surface area contributed by atoms with Crippen molar-refractivity contribution in [3.05, 3.63) is 38.4 Å². The Morgan fingerprint density at radius 2 is 1.59 bits per heavy atom. The summed E-state index contributed by atoms with van der Waals surface area (Å²) < 4.78 is 5.96. The lowest BCUT2D eigenvalue weighted by Gasteiger charge is -2.47. The highest BCUT2D eigenvalue weighted by Gasteiger charge is 2.40. The number of non-ortho nitro benzene ring substituents is 1. The molecule has 1 aromatic carbocycles. The molecule has 0 aliphatic carbocycles. The van der Waals surface area contributed by atoms with E-state index in [0.29, 0.717) is 18.8 Å². The highest BCUT2D eigenvalue weighted by atomic mass is 16.6. The van der Waals surface area contributed by atoms with E-state index in [1.807, 2.05) is 32.6 Å². The van der Waals surface area contributed by atoms with Gasteiger partial charge in [0, 0.05) is 19.2 Å². The van der Waals surface area contributed by atoms with E-state index in [1.165, 1.54) is 12.1 Å². The Balaban J connectivity index is 2.47. The second-order valence-electron chi connectivity index (χ2n) is 6.66. The summed E-state index contributed by atoms with van der Waals surface area (Å²) in [6, 6.07) is 3.73. The molecule has 0 N–H and O–H groups in total. The molecule has 22 heavy (non-hydrogen) atoms. The Labute approximate surface area is 128 Å². The molecule has 120 valence electrons. The standard InChI is InChI=1S/C14H19N3O5/c1-13(2)8-15(9-14(3,4)22-13)11-6-5-10(16(18)19)7-12(11)17(20)21/h5-7H,8-9H2,1-4H3. The minimum absolute atomic E-state index is 0.261. The number of nitro benzene ring substituents is 2. The Kier molecular flexibility index (Phi) is 3.82. The molecule has 0 amide bonds. The van der Waals surface area contributed by atoms with Crippen LogP contribution in [0.15, 0.2) is 18.2 Å². The molecule has 1 fully saturated rings. The first kappa shape index (κ1) is 16.2. The molecule has 0 saturated carbocycles. The normalized spacial score (nSPS) is 19.7. The molecule has 8 nitrogen and oxygen atoms in total. The number of ether oxygens (including phenoxy) is 1. The second-order valence-corrected chi connectivity index (χ2v) is 6.66. The smallest absolute Gasteiger partial charge is 0.299 e. The van der Waals surface area contributed by atoms with E-state index < -0.39 is 21.0 Å².